The Hall–Kier alpha value is -0.590. The van der Waals surface area contributed by atoms with Crippen molar-refractivity contribution in [1.82, 2.24) is 0 Å². The van der Waals surface area contributed by atoms with Crippen molar-refractivity contribution in [2.75, 3.05) is 0 Å². The van der Waals surface area contributed by atoms with Gasteiger partial charge in [-0.15, -0.1) is 0 Å². The summed E-state index contributed by atoms with van der Waals surface area (Å²) in [6.07, 6.45) is 5.71. The summed E-state index contributed by atoms with van der Waals surface area (Å²) >= 11 is 0. The van der Waals surface area contributed by atoms with E-state index in [1.807, 2.05) is 26.8 Å². The van der Waals surface area contributed by atoms with Crippen molar-refractivity contribution in [3.05, 3.63) is 12.2 Å². The number of hydrogen-bond acceptors (Lipinski definition) is 1. The highest BCUT2D eigenvalue weighted by atomic mass is 16.1. The van der Waals surface area contributed by atoms with Crippen LogP contribution in [0.2, 0.25) is 0 Å². The summed E-state index contributed by atoms with van der Waals surface area (Å²) < 4.78 is 0. The molecule has 0 aliphatic heterocycles. The number of ketones is 1. The van der Waals surface area contributed by atoms with Crippen LogP contribution in [0.5, 0.6) is 0 Å². The van der Waals surface area contributed by atoms with E-state index in [2.05, 4.69) is 26.8 Å². The first kappa shape index (κ1) is 13.4. The van der Waals surface area contributed by atoms with Crippen LogP contribution in [0.15, 0.2) is 12.2 Å². The Labute approximate surface area is 88.6 Å². The summed E-state index contributed by atoms with van der Waals surface area (Å²) in [5.41, 5.74) is 0.118. The number of allylic oxidation sites excluding steroid dienone is 2. The molecule has 0 amide bonds. The fourth-order valence-electron chi connectivity index (χ4n) is 0.933. The molecule has 0 N–H and O–H groups in total. The molecular weight excluding hydrogens is 172 g/mol. The molecule has 0 aromatic rings. The van der Waals surface area contributed by atoms with Crippen molar-refractivity contribution in [2.45, 2.75) is 54.4 Å². The average Bonchev–Trinajstić information content (AvgIpc) is 1.93. The predicted molar refractivity (Wildman–Crippen MR) is 62.3 cm³/mol. The van der Waals surface area contributed by atoms with Crippen LogP contribution in [0.1, 0.15) is 54.4 Å². The highest BCUT2D eigenvalue weighted by Crippen LogP contribution is 2.20. The maximum Gasteiger partial charge on any atom is 0.141 e. The lowest BCUT2D eigenvalue weighted by atomic mass is 9.88. The summed E-state index contributed by atoms with van der Waals surface area (Å²) in [5.74, 6) is 0.308. The molecule has 0 aliphatic rings. The summed E-state index contributed by atoms with van der Waals surface area (Å²) in [6, 6.07) is 0. The molecule has 82 valence electrons. The molecule has 0 unspecified atom stereocenters. The van der Waals surface area contributed by atoms with Gasteiger partial charge in [0.15, 0.2) is 0 Å². The molecule has 14 heavy (non-hydrogen) atoms. The van der Waals surface area contributed by atoms with Gasteiger partial charge in [0.25, 0.3) is 0 Å². The lowest BCUT2D eigenvalue weighted by Gasteiger charge is -2.16. The SMILES string of the molecule is CC(C)(C)C/C=C/CC(=O)C(C)(C)C. The van der Waals surface area contributed by atoms with E-state index in [0.717, 1.165) is 6.42 Å². The van der Waals surface area contributed by atoms with Crippen LogP contribution in [0.3, 0.4) is 0 Å². The summed E-state index contributed by atoms with van der Waals surface area (Å²) in [4.78, 5) is 11.5. The van der Waals surface area contributed by atoms with E-state index in [1.165, 1.54) is 0 Å². The molecule has 0 bridgehead atoms. The highest BCUT2D eigenvalue weighted by Gasteiger charge is 2.19. The highest BCUT2D eigenvalue weighted by molar-refractivity contribution is 5.84. The number of Topliss-reactive ketones (excluding diaryl/α,β-unsaturated/α-hetero) is 1. The molecule has 0 heterocycles. The topological polar surface area (TPSA) is 17.1 Å². The van der Waals surface area contributed by atoms with Crippen molar-refractivity contribution < 1.29 is 4.79 Å². The second-order valence-electron chi connectivity index (χ2n) is 6.11. The van der Waals surface area contributed by atoms with Crippen LogP contribution in [-0.2, 0) is 4.79 Å². The molecule has 0 aromatic heterocycles. The van der Waals surface area contributed by atoms with Gasteiger partial charge in [0.1, 0.15) is 5.78 Å². The molecule has 0 saturated carbocycles. The van der Waals surface area contributed by atoms with Crippen LogP contribution in [0.25, 0.3) is 0 Å². The molecule has 1 heteroatoms. The monoisotopic (exact) mass is 196 g/mol. The molecule has 1 nitrogen and oxygen atoms in total. The Morgan fingerprint density at radius 3 is 1.86 bits per heavy atom. The van der Waals surface area contributed by atoms with Gasteiger partial charge >= 0.3 is 0 Å². The second-order valence-corrected chi connectivity index (χ2v) is 6.11. The standard InChI is InChI=1S/C13H24O/c1-12(2,3)10-8-7-9-11(14)13(4,5)6/h7-8H,9-10H2,1-6H3/b8-7+. The lowest BCUT2D eigenvalue weighted by molar-refractivity contribution is -0.125. The third kappa shape index (κ3) is 6.88. The van der Waals surface area contributed by atoms with Crippen molar-refractivity contribution in [3.63, 3.8) is 0 Å². The van der Waals surface area contributed by atoms with Crippen LogP contribution in [-0.4, -0.2) is 5.78 Å². The van der Waals surface area contributed by atoms with Crippen molar-refractivity contribution >= 4 is 5.78 Å². The average molecular weight is 196 g/mol. The molecule has 0 fully saturated rings. The van der Waals surface area contributed by atoms with Crippen LogP contribution >= 0.6 is 0 Å². The number of hydrogen-bond donors (Lipinski definition) is 0. The zero-order valence-electron chi connectivity index (χ0n) is 10.5. The number of carbonyl (C=O) groups is 1. The zero-order chi connectivity index (χ0) is 11.4. The van der Waals surface area contributed by atoms with Gasteiger partial charge in [-0.25, -0.2) is 0 Å². The summed E-state index contributed by atoms with van der Waals surface area (Å²) in [6.45, 7) is 12.5. The van der Waals surface area contributed by atoms with E-state index in [9.17, 15) is 4.79 Å². The van der Waals surface area contributed by atoms with Crippen LogP contribution in [0.4, 0.5) is 0 Å². The van der Waals surface area contributed by atoms with Crippen molar-refractivity contribution in [2.24, 2.45) is 10.8 Å². The summed E-state index contributed by atoms with van der Waals surface area (Å²) in [7, 11) is 0. The number of carbonyl (C=O) groups excluding carboxylic acids is 1. The van der Waals surface area contributed by atoms with Crippen molar-refractivity contribution in [1.29, 1.82) is 0 Å². The van der Waals surface area contributed by atoms with E-state index < -0.39 is 0 Å². The lowest BCUT2D eigenvalue weighted by Crippen LogP contribution is -2.18. The van der Waals surface area contributed by atoms with Gasteiger partial charge in [0.2, 0.25) is 0 Å². The minimum Gasteiger partial charge on any atom is -0.299 e. The molecule has 0 radical (unpaired) electrons. The van der Waals surface area contributed by atoms with Crippen LogP contribution in [0, 0.1) is 10.8 Å². The smallest absolute Gasteiger partial charge is 0.141 e. The van der Waals surface area contributed by atoms with Gasteiger partial charge in [0, 0.05) is 11.8 Å². The quantitative estimate of drug-likeness (QED) is 0.624. The van der Waals surface area contributed by atoms with Gasteiger partial charge in [-0.3, -0.25) is 4.79 Å². The van der Waals surface area contributed by atoms with E-state index in [0.29, 0.717) is 17.6 Å². The molecule has 0 spiro atoms. The Morgan fingerprint density at radius 2 is 1.50 bits per heavy atom. The zero-order valence-corrected chi connectivity index (χ0v) is 10.5. The largest absolute Gasteiger partial charge is 0.299 e. The molecule has 0 aromatic carbocycles. The fraction of sp³-hybridized carbons (Fsp3) is 0.769. The van der Waals surface area contributed by atoms with E-state index >= 15 is 0 Å². The third-order valence-corrected chi connectivity index (χ3v) is 2.04. The van der Waals surface area contributed by atoms with Gasteiger partial charge in [0.05, 0.1) is 0 Å². The first-order valence-electron chi connectivity index (χ1n) is 5.31. The van der Waals surface area contributed by atoms with E-state index in [1.54, 1.807) is 0 Å². The normalized spacial score (nSPS) is 13.6. The van der Waals surface area contributed by atoms with Crippen LogP contribution < -0.4 is 0 Å². The maximum atomic E-state index is 11.5. The minimum atomic E-state index is -0.202. The minimum absolute atomic E-state index is 0.202. The van der Waals surface area contributed by atoms with Gasteiger partial charge in [-0.05, 0) is 11.8 Å². The maximum absolute atomic E-state index is 11.5. The number of rotatable bonds is 3. The molecular formula is C13H24O. The second kappa shape index (κ2) is 4.77. The molecule has 0 aliphatic carbocycles. The first-order chi connectivity index (χ1) is 6.13. The Bertz CT molecular complexity index is 210. The predicted octanol–water partition coefficient (Wildman–Crippen LogP) is 3.98. The van der Waals surface area contributed by atoms with Crippen molar-refractivity contribution in [3.8, 4) is 0 Å². The Morgan fingerprint density at radius 1 is 1.00 bits per heavy atom. The molecule has 0 rings (SSSR count). The summed E-state index contributed by atoms with van der Waals surface area (Å²) in [5, 5.41) is 0. The van der Waals surface area contributed by atoms with Gasteiger partial charge in [-0.2, -0.15) is 0 Å². The Balaban J connectivity index is 3.91. The molecule has 0 saturated heterocycles. The van der Waals surface area contributed by atoms with Gasteiger partial charge < -0.3 is 0 Å². The first-order valence-corrected chi connectivity index (χ1v) is 5.31. The van der Waals surface area contributed by atoms with E-state index in [-0.39, 0.29) is 5.41 Å². The van der Waals surface area contributed by atoms with Gasteiger partial charge in [-0.1, -0.05) is 53.7 Å². The van der Waals surface area contributed by atoms with E-state index in [4.69, 9.17) is 0 Å². The molecule has 0 atom stereocenters. The third-order valence-electron chi connectivity index (χ3n) is 2.04. The Kier molecular flexibility index (Phi) is 4.57. The fourth-order valence-corrected chi connectivity index (χ4v) is 0.933.